The monoisotopic (exact) mass is 208 g/mol. The number of hydrogen-bond acceptors (Lipinski definition) is 4. The fourth-order valence-corrected chi connectivity index (χ4v) is 1.16. The molecule has 0 bridgehead atoms. The normalized spacial score (nSPS) is 18.7. The van der Waals surface area contributed by atoms with Gasteiger partial charge in [0.25, 0.3) is 0 Å². The fraction of sp³-hybridized carbons (Fsp3) is 0.364. The SMILES string of the molecule is COCCOC(=O)C1C=CC=CC1=C=O. The minimum absolute atomic E-state index is 0.190. The Hall–Kier alpha value is -1.64. The molecule has 0 amide bonds. The Kier molecular flexibility index (Phi) is 4.54. The first-order valence-electron chi connectivity index (χ1n) is 4.55. The van der Waals surface area contributed by atoms with Gasteiger partial charge < -0.3 is 9.47 Å². The molecule has 0 heterocycles. The molecular weight excluding hydrogens is 196 g/mol. The molecule has 1 atom stereocenters. The molecule has 80 valence electrons. The van der Waals surface area contributed by atoms with Crippen LogP contribution >= 0.6 is 0 Å². The summed E-state index contributed by atoms with van der Waals surface area (Å²) in [5.41, 5.74) is 0.292. The summed E-state index contributed by atoms with van der Waals surface area (Å²) in [5, 5.41) is 0. The molecule has 0 saturated carbocycles. The summed E-state index contributed by atoms with van der Waals surface area (Å²) >= 11 is 0. The van der Waals surface area contributed by atoms with Crippen molar-refractivity contribution in [1.29, 1.82) is 0 Å². The van der Waals surface area contributed by atoms with Crippen LogP contribution in [0.2, 0.25) is 0 Å². The van der Waals surface area contributed by atoms with E-state index >= 15 is 0 Å². The van der Waals surface area contributed by atoms with Gasteiger partial charge in [-0.2, -0.15) is 0 Å². The number of carbonyl (C=O) groups is 1. The second-order valence-corrected chi connectivity index (χ2v) is 2.94. The van der Waals surface area contributed by atoms with Crippen LogP contribution in [0.5, 0.6) is 0 Å². The van der Waals surface area contributed by atoms with E-state index in [1.54, 1.807) is 30.2 Å². The first-order valence-corrected chi connectivity index (χ1v) is 4.55. The van der Waals surface area contributed by atoms with E-state index in [1.165, 1.54) is 7.11 Å². The van der Waals surface area contributed by atoms with E-state index in [2.05, 4.69) is 0 Å². The van der Waals surface area contributed by atoms with Gasteiger partial charge in [0, 0.05) is 7.11 Å². The Balaban J connectivity index is 2.55. The summed E-state index contributed by atoms with van der Waals surface area (Å²) < 4.78 is 9.64. The van der Waals surface area contributed by atoms with Gasteiger partial charge in [-0.05, 0) is 6.08 Å². The van der Waals surface area contributed by atoms with Crippen molar-refractivity contribution in [2.45, 2.75) is 0 Å². The van der Waals surface area contributed by atoms with Crippen molar-refractivity contribution in [3.63, 3.8) is 0 Å². The summed E-state index contributed by atoms with van der Waals surface area (Å²) in [7, 11) is 1.52. The van der Waals surface area contributed by atoms with Crippen molar-refractivity contribution in [3.05, 3.63) is 29.9 Å². The van der Waals surface area contributed by atoms with Crippen molar-refractivity contribution in [2.75, 3.05) is 20.3 Å². The number of methoxy groups -OCH3 is 1. The topological polar surface area (TPSA) is 52.6 Å². The van der Waals surface area contributed by atoms with E-state index in [9.17, 15) is 9.59 Å². The van der Waals surface area contributed by atoms with Crippen molar-refractivity contribution < 1.29 is 19.1 Å². The molecule has 0 spiro atoms. The third-order valence-corrected chi connectivity index (χ3v) is 1.93. The van der Waals surface area contributed by atoms with E-state index in [0.29, 0.717) is 12.2 Å². The minimum Gasteiger partial charge on any atom is -0.463 e. The predicted octanol–water partition coefficient (Wildman–Crippen LogP) is 0.676. The molecule has 4 nitrogen and oxygen atoms in total. The predicted molar refractivity (Wildman–Crippen MR) is 53.8 cm³/mol. The van der Waals surface area contributed by atoms with Gasteiger partial charge in [-0.15, -0.1) is 0 Å². The Morgan fingerprint density at radius 3 is 2.93 bits per heavy atom. The van der Waals surface area contributed by atoms with Crippen LogP contribution in [0.15, 0.2) is 29.9 Å². The molecule has 0 N–H and O–H groups in total. The maximum Gasteiger partial charge on any atom is 0.318 e. The zero-order valence-electron chi connectivity index (χ0n) is 8.43. The molecule has 1 aliphatic rings. The Bertz CT molecular complexity index is 334. The molecule has 4 heteroatoms. The van der Waals surface area contributed by atoms with Crippen molar-refractivity contribution in [1.82, 2.24) is 0 Å². The molecule has 0 aromatic heterocycles. The second kappa shape index (κ2) is 5.96. The zero-order valence-corrected chi connectivity index (χ0v) is 8.43. The van der Waals surface area contributed by atoms with E-state index in [4.69, 9.17) is 9.47 Å². The highest BCUT2D eigenvalue weighted by atomic mass is 16.6. The van der Waals surface area contributed by atoms with Crippen LogP contribution in [0.3, 0.4) is 0 Å². The Morgan fingerprint density at radius 2 is 2.27 bits per heavy atom. The molecule has 15 heavy (non-hydrogen) atoms. The molecule has 0 aromatic rings. The Morgan fingerprint density at radius 1 is 1.47 bits per heavy atom. The largest absolute Gasteiger partial charge is 0.463 e. The van der Waals surface area contributed by atoms with Gasteiger partial charge in [0.2, 0.25) is 0 Å². The van der Waals surface area contributed by atoms with Crippen molar-refractivity contribution in [3.8, 4) is 0 Å². The highest BCUT2D eigenvalue weighted by Gasteiger charge is 2.22. The lowest BCUT2D eigenvalue weighted by Crippen LogP contribution is -2.20. The highest BCUT2D eigenvalue weighted by molar-refractivity contribution is 5.83. The average molecular weight is 208 g/mol. The van der Waals surface area contributed by atoms with Gasteiger partial charge in [-0.25, -0.2) is 4.79 Å². The fourth-order valence-electron chi connectivity index (χ4n) is 1.16. The standard InChI is InChI=1S/C11H12O4/c1-14-6-7-15-11(13)10-5-3-2-4-9(10)8-12/h2-5,10H,6-7H2,1H3. The summed E-state index contributed by atoms with van der Waals surface area (Å²) in [6, 6.07) is 0. The van der Waals surface area contributed by atoms with E-state index in [0.717, 1.165) is 0 Å². The van der Waals surface area contributed by atoms with E-state index in [1.807, 2.05) is 0 Å². The molecule has 0 aliphatic heterocycles. The van der Waals surface area contributed by atoms with Crippen LogP contribution in [-0.4, -0.2) is 32.2 Å². The first kappa shape index (κ1) is 11.4. The molecule has 0 fully saturated rings. The van der Waals surface area contributed by atoms with Crippen LogP contribution < -0.4 is 0 Å². The number of carbonyl (C=O) groups excluding carboxylic acids is 2. The van der Waals surface area contributed by atoms with Gasteiger partial charge in [-0.1, -0.05) is 18.2 Å². The number of hydrogen-bond donors (Lipinski definition) is 0. The van der Waals surface area contributed by atoms with Crippen molar-refractivity contribution in [2.24, 2.45) is 5.92 Å². The summed E-state index contributed by atoms with van der Waals surface area (Å²) in [4.78, 5) is 22.0. The number of allylic oxidation sites excluding steroid dienone is 3. The number of esters is 1. The third-order valence-electron chi connectivity index (χ3n) is 1.93. The smallest absolute Gasteiger partial charge is 0.318 e. The quantitative estimate of drug-likeness (QED) is 0.387. The summed E-state index contributed by atoms with van der Waals surface area (Å²) in [6.45, 7) is 0.535. The van der Waals surface area contributed by atoms with Crippen LogP contribution in [-0.2, 0) is 19.1 Å². The lowest BCUT2D eigenvalue weighted by Gasteiger charge is -2.12. The maximum atomic E-state index is 11.5. The minimum atomic E-state index is -0.635. The van der Waals surface area contributed by atoms with Crippen molar-refractivity contribution >= 4 is 11.9 Å². The third kappa shape index (κ3) is 3.20. The van der Waals surface area contributed by atoms with Gasteiger partial charge in [-0.3, -0.25) is 4.79 Å². The lowest BCUT2D eigenvalue weighted by atomic mass is 9.96. The highest BCUT2D eigenvalue weighted by Crippen LogP contribution is 2.17. The molecule has 0 saturated heterocycles. The Labute approximate surface area is 87.9 Å². The van der Waals surface area contributed by atoms with Gasteiger partial charge in [0.15, 0.2) is 0 Å². The molecule has 0 aromatic carbocycles. The zero-order chi connectivity index (χ0) is 11.1. The second-order valence-electron chi connectivity index (χ2n) is 2.94. The maximum absolute atomic E-state index is 11.5. The summed E-state index contributed by atoms with van der Waals surface area (Å²) in [5.74, 6) is 0.634. The van der Waals surface area contributed by atoms with Crippen LogP contribution in [0.4, 0.5) is 0 Å². The van der Waals surface area contributed by atoms with Crippen LogP contribution in [0.1, 0.15) is 0 Å². The molecule has 1 unspecified atom stereocenters. The number of rotatable bonds is 4. The van der Waals surface area contributed by atoms with E-state index in [-0.39, 0.29) is 6.61 Å². The molecule has 0 radical (unpaired) electrons. The number of ether oxygens (including phenoxy) is 2. The molecule has 1 aliphatic carbocycles. The summed E-state index contributed by atoms with van der Waals surface area (Å²) in [6.07, 6.45) is 6.53. The van der Waals surface area contributed by atoms with Crippen LogP contribution in [0, 0.1) is 5.92 Å². The van der Waals surface area contributed by atoms with Crippen LogP contribution in [0.25, 0.3) is 0 Å². The van der Waals surface area contributed by atoms with E-state index < -0.39 is 11.9 Å². The van der Waals surface area contributed by atoms with Gasteiger partial charge in [0.1, 0.15) is 18.5 Å². The van der Waals surface area contributed by atoms with Gasteiger partial charge >= 0.3 is 5.97 Å². The molecule has 1 rings (SSSR count). The molecular formula is C11H12O4. The lowest BCUT2D eigenvalue weighted by molar-refractivity contribution is -0.146. The van der Waals surface area contributed by atoms with Gasteiger partial charge in [0.05, 0.1) is 12.2 Å². The first-order chi connectivity index (χ1) is 7.29. The average Bonchev–Trinajstić information content (AvgIpc) is 2.29.